The number of ether oxygens (including phenoxy) is 1. The summed E-state index contributed by atoms with van der Waals surface area (Å²) in [5.74, 6) is 1.23. The maximum absolute atomic E-state index is 11.6. The fourth-order valence-corrected chi connectivity index (χ4v) is 4.43. The Morgan fingerprint density at radius 2 is 2.29 bits per heavy atom. The zero-order valence-corrected chi connectivity index (χ0v) is 13.4. The lowest BCUT2D eigenvalue weighted by atomic mass is 10.2. The van der Waals surface area contributed by atoms with Crippen LogP contribution in [0.15, 0.2) is 36.9 Å². The van der Waals surface area contributed by atoms with Gasteiger partial charge in [0.25, 0.3) is 0 Å². The minimum absolute atomic E-state index is 0.0657. The molecule has 0 aliphatic carbocycles. The molecule has 1 fully saturated rings. The Hall–Kier alpha value is -1.04. The van der Waals surface area contributed by atoms with Crippen molar-refractivity contribution in [3.8, 4) is 5.75 Å². The van der Waals surface area contributed by atoms with Crippen molar-refractivity contribution in [2.24, 2.45) is 0 Å². The Labute approximate surface area is 131 Å². The molecule has 0 radical (unpaired) electrons. The molecule has 0 spiro atoms. The smallest absolute Gasteiger partial charge is 0.151 e. The van der Waals surface area contributed by atoms with Gasteiger partial charge in [0.1, 0.15) is 12.4 Å². The lowest BCUT2D eigenvalue weighted by Crippen LogP contribution is -2.39. The molecule has 1 aliphatic heterocycles. The summed E-state index contributed by atoms with van der Waals surface area (Å²) in [4.78, 5) is 2.11. The summed E-state index contributed by atoms with van der Waals surface area (Å²) in [7, 11) is -2.88. The first-order chi connectivity index (χ1) is 10.00. The van der Waals surface area contributed by atoms with E-state index in [1.165, 1.54) is 0 Å². The zero-order valence-electron chi connectivity index (χ0n) is 11.9. The predicted octanol–water partition coefficient (Wildman–Crippen LogP) is 2.39. The Morgan fingerprint density at radius 1 is 1.48 bits per heavy atom. The van der Waals surface area contributed by atoms with E-state index in [1.54, 1.807) is 18.2 Å². The van der Waals surface area contributed by atoms with Crippen LogP contribution in [0.4, 0.5) is 0 Å². The Balaban J connectivity index is 1.87. The Kier molecular flexibility index (Phi) is 5.67. The van der Waals surface area contributed by atoms with Crippen molar-refractivity contribution in [3.05, 3.63) is 41.9 Å². The molecule has 4 nitrogen and oxygen atoms in total. The first-order valence-electron chi connectivity index (χ1n) is 6.94. The number of rotatable bonds is 7. The van der Waals surface area contributed by atoms with Crippen molar-refractivity contribution in [2.75, 3.05) is 31.2 Å². The van der Waals surface area contributed by atoms with Crippen LogP contribution in [-0.4, -0.2) is 50.6 Å². The standard InChI is InChI=1S/C15H20ClNO3S/c1-2-7-17(14-6-10-21(18,19)12-14)8-9-20-15-5-3-4-13(16)11-15/h2-5,11,14H,1,6-10,12H2. The SMILES string of the molecule is C=CCN(CCOc1cccc(Cl)c1)C1CCS(=O)(=O)C1. The van der Waals surface area contributed by atoms with E-state index in [9.17, 15) is 8.42 Å². The number of hydrogen-bond donors (Lipinski definition) is 0. The third-order valence-corrected chi connectivity index (χ3v) is 5.52. The molecule has 0 aromatic heterocycles. The molecule has 1 unspecified atom stereocenters. The van der Waals surface area contributed by atoms with Crippen molar-refractivity contribution >= 4 is 21.4 Å². The van der Waals surface area contributed by atoms with Crippen LogP contribution in [0, 0.1) is 0 Å². The molecule has 116 valence electrons. The maximum atomic E-state index is 11.6. The topological polar surface area (TPSA) is 46.6 Å². The highest BCUT2D eigenvalue weighted by atomic mass is 35.5. The van der Waals surface area contributed by atoms with Gasteiger partial charge in [-0.1, -0.05) is 23.7 Å². The molecule has 0 N–H and O–H groups in total. The average Bonchev–Trinajstić information content (AvgIpc) is 2.78. The lowest BCUT2D eigenvalue weighted by molar-refractivity contribution is 0.185. The highest BCUT2D eigenvalue weighted by Crippen LogP contribution is 2.19. The van der Waals surface area contributed by atoms with Gasteiger partial charge in [-0.2, -0.15) is 0 Å². The van der Waals surface area contributed by atoms with E-state index >= 15 is 0 Å². The van der Waals surface area contributed by atoms with Crippen LogP contribution in [0.5, 0.6) is 5.75 Å². The van der Waals surface area contributed by atoms with Crippen LogP contribution in [-0.2, 0) is 9.84 Å². The number of sulfone groups is 1. The van der Waals surface area contributed by atoms with Gasteiger partial charge < -0.3 is 4.74 Å². The monoisotopic (exact) mass is 329 g/mol. The van der Waals surface area contributed by atoms with Crippen molar-refractivity contribution in [2.45, 2.75) is 12.5 Å². The van der Waals surface area contributed by atoms with Gasteiger partial charge in [-0.05, 0) is 24.6 Å². The molecular weight excluding hydrogens is 310 g/mol. The molecule has 21 heavy (non-hydrogen) atoms. The first kappa shape index (κ1) is 16.3. The highest BCUT2D eigenvalue weighted by molar-refractivity contribution is 7.91. The maximum Gasteiger partial charge on any atom is 0.151 e. The fraction of sp³-hybridized carbons (Fsp3) is 0.467. The second kappa shape index (κ2) is 7.29. The summed E-state index contributed by atoms with van der Waals surface area (Å²) in [6.45, 7) is 5.56. The molecule has 0 amide bonds. The molecule has 1 aromatic carbocycles. The molecule has 6 heteroatoms. The summed E-state index contributed by atoms with van der Waals surface area (Å²) in [6.07, 6.45) is 2.48. The van der Waals surface area contributed by atoms with E-state index in [4.69, 9.17) is 16.3 Å². The molecule has 1 atom stereocenters. The van der Waals surface area contributed by atoms with Gasteiger partial charge in [0.2, 0.25) is 0 Å². The largest absolute Gasteiger partial charge is 0.492 e. The molecule has 2 rings (SSSR count). The summed E-state index contributed by atoms with van der Waals surface area (Å²) >= 11 is 5.90. The minimum Gasteiger partial charge on any atom is -0.492 e. The summed E-state index contributed by atoms with van der Waals surface area (Å²) in [5.41, 5.74) is 0. The van der Waals surface area contributed by atoms with Crippen molar-refractivity contribution in [1.82, 2.24) is 4.90 Å². The van der Waals surface area contributed by atoms with Gasteiger partial charge in [-0.25, -0.2) is 8.42 Å². The number of benzene rings is 1. The van der Waals surface area contributed by atoms with Crippen LogP contribution >= 0.6 is 11.6 Å². The molecule has 1 heterocycles. The van der Waals surface area contributed by atoms with Crippen LogP contribution in [0.3, 0.4) is 0 Å². The van der Waals surface area contributed by atoms with E-state index in [-0.39, 0.29) is 17.5 Å². The van der Waals surface area contributed by atoms with E-state index in [1.807, 2.05) is 12.1 Å². The minimum atomic E-state index is -2.88. The molecule has 0 saturated carbocycles. The van der Waals surface area contributed by atoms with Crippen LogP contribution in [0.2, 0.25) is 5.02 Å². The third kappa shape index (κ3) is 5.02. The van der Waals surface area contributed by atoms with Gasteiger partial charge >= 0.3 is 0 Å². The quantitative estimate of drug-likeness (QED) is 0.721. The van der Waals surface area contributed by atoms with Crippen molar-refractivity contribution in [1.29, 1.82) is 0 Å². The highest BCUT2D eigenvalue weighted by Gasteiger charge is 2.31. The average molecular weight is 330 g/mol. The van der Waals surface area contributed by atoms with E-state index in [0.29, 0.717) is 31.1 Å². The lowest BCUT2D eigenvalue weighted by Gasteiger charge is -2.26. The fourth-order valence-electron chi connectivity index (χ4n) is 2.49. The zero-order chi connectivity index (χ0) is 15.3. The van der Waals surface area contributed by atoms with Crippen LogP contribution in [0.25, 0.3) is 0 Å². The molecule has 1 saturated heterocycles. The van der Waals surface area contributed by atoms with Gasteiger partial charge in [-0.3, -0.25) is 4.90 Å². The number of nitrogens with zero attached hydrogens (tertiary/aromatic N) is 1. The third-order valence-electron chi connectivity index (χ3n) is 3.53. The normalized spacial score (nSPS) is 20.6. The number of halogens is 1. The summed E-state index contributed by atoms with van der Waals surface area (Å²) in [6, 6.07) is 7.31. The summed E-state index contributed by atoms with van der Waals surface area (Å²) < 4.78 is 28.8. The van der Waals surface area contributed by atoms with Crippen molar-refractivity contribution in [3.63, 3.8) is 0 Å². The molecule has 1 aromatic rings. The van der Waals surface area contributed by atoms with Gasteiger partial charge in [0.05, 0.1) is 11.5 Å². The number of hydrogen-bond acceptors (Lipinski definition) is 4. The van der Waals surface area contributed by atoms with Crippen molar-refractivity contribution < 1.29 is 13.2 Å². The van der Waals surface area contributed by atoms with Gasteiger partial charge in [0.15, 0.2) is 9.84 Å². The van der Waals surface area contributed by atoms with Crippen LogP contribution < -0.4 is 4.74 Å². The second-order valence-corrected chi connectivity index (χ2v) is 7.81. The van der Waals surface area contributed by atoms with Gasteiger partial charge in [0, 0.05) is 24.2 Å². The molecule has 0 bridgehead atoms. The Bertz CT molecular complexity index is 588. The predicted molar refractivity (Wildman–Crippen MR) is 85.8 cm³/mol. The van der Waals surface area contributed by atoms with E-state index < -0.39 is 9.84 Å². The Morgan fingerprint density at radius 3 is 2.90 bits per heavy atom. The first-order valence-corrected chi connectivity index (χ1v) is 9.14. The van der Waals surface area contributed by atoms with E-state index in [0.717, 1.165) is 5.75 Å². The molecule has 1 aliphatic rings. The second-order valence-electron chi connectivity index (χ2n) is 5.15. The summed E-state index contributed by atoms with van der Waals surface area (Å²) in [5, 5.41) is 0.636. The molecular formula is C15H20ClNO3S. The van der Waals surface area contributed by atoms with E-state index in [2.05, 4.69) is 11.5 Å². The van der Waals surface area contributed by atoms with Gasteiger partial charge in [-0.15, -0.1) is 6.58 Å². The van der Waals surface area contributed by atoms with Crippen LogP contribution in [0.1, 0.15) is 6.42 Å².